The predicted octanol–water partition coefficient (Wildman–Crippen LogP) is 3.90. The van der Waals surface area contributed by atoms with Crippen LogP contribution in [-0.4, -0.2) is 31.1 Å². The van der Waals surface area contributed by atoms with Gasteiger partial charge >= 0.3 is 0 Å². The zero-order valence-corrected chi connectivity index (χ0v) is 14.2. The Hall–Kier alpha value is -0.0800. The summed E-state index contributed by atoms with van der Waals surface area (Å²) in [4.78, 5) is 2.67. The van der Waals surface area contributed by atoms with E-state index in [9.17, 15) is 0 Å². The van der Waals surface area contributed by atoms with Crippen LogP contribution in [0.4, 0.5) is 0 Å². The molecule has 2 heteroatoms. The lowest BCUT2D eigenvalue weighted by Crippen LogP contribution is -2.49. The topological polar surface area (TPSA) is 29.3 Å². The molecule has 0 radical (unpaired) electrons. The molecule has 0 spiro atoms. The van der Waals surface area contributed by atoms with Gasteiger partial charge in [0.25, 0.3) is 0 Å². The summed E-state index contributed by atoms with van der Waals surface area (Å²) in [5.41, 5.74) is 6.56. The molecule has 3 atom stereocenters. The van der Waals surface area contributed by atoms with Gasteiger partial charge in [0, 0.05) is 12.6 Å². The van der Waals surface area contributed by atoms with E-state index in [-0.39, 0.29) is 0 Å². The third-order valence-corrected chi connectivity index (χ3v) is 6.61. The summed E-state index contributed by atoms with van der Waals surface area (Å²) < 4.78 is 0. The minimum atomic E-state index is 0.495. The fraction of sp³-hybridized carbons (Fsp3) is 1.00. The molecule has 0 aromatic carbocycles. The van der Waals surface area contributed by atoms with E-state index in [1.165, 1.54) is 51.5 Å². The van der Waals surface area contributed by atoms with E-state index in [1.807, 2.05) is 0 Å². The summed E-state index contributed by atoms with van der Waals surface area (Å²) in [6, 6.07) is 0.727. The molecule has 0 bridgehead atoms. The monoisotopic (exact) mass is 280 g/mol. The standard InChI is InChI=1S/C18H36N2/c1-5-18(2,3)16-10-9-15(12-19)17(11-16)20(4)13-14-7-6-8-14/h14-17H,5-13,19H2,1-4H3. The zero-order valence-electron chi connectivity index (χ0n) is 14.2. The van der Waals surface area contributed by atoms with Crippen molar-refractivity contribution in [2.45, 2.75) is 71.8 Å². The molecule has 2 fully saturated rings. The lowest BCUT2D eigenvalue weighted by Gasteiger charge is -2.47. The molecule has 118 valence electrons. The Kier molecular flexibility index (Phi) is 5.53. The minimum Gasteiger partial charge on any atom is -0.330 e. The summed E-state index contributed by atoms with van der Waals surface area (Å²) in [5.74, 6) is 2.58. The van der Waals surface area contributed by atoms with E-state index in [0.29, 0.717) is 5.41 Å². The van der Waals surface area contributed by atoms with Crippen LogP contribution >= 0.6 is 0 Å². The summed E-state index contributed by atoms with van der Waals surface area (Å²) >= 11 is 0. The Morgan fingerprint density at radius 2 is 1.85 bits per heavy atom. The van der Waals surface area contributed by atoms with Crippen molar-refractivity contribution in [1.82, 2.24) is 4.90 Å². The summed E-state index contributed by atoms with van der Waals surface area (Å²) in [5, 5.41) is 0. The second-order valence-corrected chi connectivity index (χ2v) is 8.15. The fourth-order valence-electron chi connectivity index (χ4n) is 4.24. The van der Waals surface area contributed by atoms with Gasteiger partial charge in [-0.2, -0.15) is 0 Å². The van der Waals surface area contributed by atoms with E-state index in [1.54, 1.807) is 0 Å². The van der Waals surface area contributed by atoms with E-state index in [2.05, 4.69) is 32.7 Å². The smallest absolute Gasteiger partial charge is 0.0135 e. The zero-order chi connectivity index (χ0) is 14.8. The second-order valence-electron chi connectivity index (χ2n) is 8.15. The third kappa shape index (κ3) is 3.57. The van der Waals surface area contributed by atoms with Crippen LogP contribution < -0.4 is 5.73 Å². The van der Waals surface area contributed by atoms with Crippen molar-refractivity contribution in [3.63, 3.8) is 0 Å². The number of nitrogens with two attached hydrogens (primary N) is 1. The molecule has 2 N–H and O–H groups in total. The van der Waals surface area contributed by atoms with Crippen LogP contribution in [0.25, 0.3) is 0 Å². The molecular formula is C18H36N2. The van der Waals surface area contributed by atoms with Gasteiger partial charge in [-0.15, -0.1) is 0 Å². The minimum absolute atomic E-state index is 0.495. The van der Waals surface area contributed by atoms with Crippen LogP contribution in [0.3, 0.4) is 0 Å². The Balaban J connectivity index is 1.97. The average Bonchev–Trinajstić information content (AvgIpc) is 2.41. The maximum Gasteiger partial charge on any atom is 0.0135 e. The van der Waals surface area contributed by atoms with E-state index in [4.69, 9.17) is 5.73 Å². The molecule has 2 aliphatic rings. The van der Waals surface area contributed by atoms with Crippen molar-refractivity contribution < 1.29 is 0 Å². The van der Waals surface area contributed by atoms with Gasteiger partial charge in [0.15, 0.2) is 0 Å². The molecule has 0 heterocycles. The molecule has 2 rings (SSSR count). The number of nitrogens with zero attached hydrogens (tertiary/aromatic N) is 1. The number of hydrogen-bond acceptors (Lipinski definition) is 2. The molecule has 0 aromatic rings. The first kappa shape index (κ1) is 16.3. The second kappa shape index (κ2) is 6.79. The van der Waals surface area contributed by atoms with Gasteiger partial charge in [-0.3, -0.25) is 0 Å². The normalized spacial score (nSPS) is 32.4. The molecule has 0 saturated heterocycles. The molecule has 2 saturated carbocycles. The van der Waals surface area contributed by atoms with Crippen molar-refractivity contribution >= 4 is 0 Å². The summed E-state index contributed by atoms with van der Waals surface area (Å²) in [7, 11) is 2.35. The van der Waals surface area contributed by atoms with Crippen molar-refractivity contribution in [2.75, 3.05) is 20.1 Å². The lowest BCUT2D eigenvalue weighted by atomic mass is 9.65. The Labute approximate surface area is 126 Å². The first-order valence-electron chi connectivity index (χ1n) is 8.88. The van der Waals surface area contributed by atoms with Gasteiger partial charge in [0.1, 0.15) is 0 Å². The van der Waals surface area contributed by atoms with Crippen molar-refractivity contribution in [2.24, 2.45) is 28.9 Å². The Morgan fingerprint density at radius 1 is 1.15 bits per heavy atom. The first-order chi connectivity index (χ1) is 9.47. The Morgan fingerprint density at radius 3 is 2.35 bits per heavy atom. The van der Waals surface area contributed by atoms with Crippen LogP contribution in [0.15, 0.2) is 0 Å². The van der Waals surface area contributed by atoms with Gasteiger partial charge in [0.2, 0.25) is 0 Å². The van der Waals surface area contributed by atoms with Crippen LogP contribution in [0, 0.1) is 23.2 Å². The Bertz CT molecular complexity index is 296. The van der Waals surface area contributed by atoms with Gasteiger partial charge in [-0.05, 0) is 68.9 Å². The summed E-state index contributed by atoms with van der Waals surface area (Å²) in [6.45, 7) is 9.45. The number of hydrogen-bond donors (Lipinski definition) is 1. The highest BCUT2D eigenvalue weighted by Crippen LogP contribution is 2.43. The molecule has 2 aliphatic carbocycles. The SMILES string of the molecule is CCC(C)(C)C1CCC(CN)C(N(C)CC2CCC2)C1. The molecule has 0 amide bonds. The van der Waals surface area contributed by atoms with E-state index >= 15 is 0 Å². The van der Waals surface area contributed by atoms with Crippen molar-refractivity contribution in [3.05, 3.63) is 0 Å². The summed E-state index contributed by atoms with van der Waals surface area (Å²) in [6.07, 6.45) is 9.74. The maximum atomic E-state index is 6.07. The van der Waals surface area contributed by atoms with E-state index < -0.39 is 0 Å². The quantitative estimate of drug-likeness (QED) is 0.799. The van der Waals surface area contributed by atoms with Crippen molar-refractivity contribution in [3.8, 4) is 0 Å². The molecule has 0 aliphatic heterocycles. The molecule has 0 aromatic heterocycles. The highest BCUT2D eigenvalue weighted by atomic mass is 15.1. The molecule has 2 nitrogen and oxygen atoms in total. The van der Waals surface area contributed by atoms with Crippen LogP contribution in [-0.2, 0) is 0 Å². The van der Waals surface area contributed by atoms with E-state index in [0.717, 1.165) is 30.3 Å². The maximum absolute atomic E-state index is 6.07. The van der Waals surface area contributed by atoms with Crippen molar-refractivity contribution in [1.29, 1.82) is 0 Å². The van der Waals surface area contributed by atoms with Crippen LogP contribution in [0.1, 0.15) is 65.7 Å². The van der Waals surface area contributed by atoms with Gasteiger partial charge in [-0.25, -0.2) is 0 Å². The predicted molar refractivity (Wildman–Crippen MR) is 87.7 cm³/mol. The van der Waals surface area contributed by atoms with Crippen LogP contribution in [0.5, 0.6) is 0 Å². The van der Waals surface area contributed by atoms with Gasteiger partial charge in [-0.1, -0.05) is 33.6 Å². The fourth-order valence-corrected chi connectivity index (χ4v) is 4.24. The molecule has 20 heavy (non-hydrogen) atoms. The average molecular weight is 280 g/mol. The van der Waals surface area contributed by atoms with Crippen LogP contribution in [0.2, 0.25) is 0 Å². The van der Waals surface area contributed by atoms with Gasteiger partial charge < -0.3 is 10.6 Å². The largest absolute Gasteiger partial charge is 0.330 e. The highest BCUT2D eigenvalue weighted by Gasteiger charge is 2.38. The first-order valence-corrected chi connectivity index (χ1v) is 8.88. The van der Waals surface area contributed by atoms with Gasteiger partial charge in [0.05, 0.1) is 0 Å². The molecular weight excluding hydrogens is 244 g/mol. The highest BCUT2D eigenvalue weighted by molar-refractivity contribution is 4.92. The molecule has 3 unspecified atom stereocenters. The number of rotatable bonds is 6. The third-order valence-electron chi connectivity index (χ3n) is 6.61. The lowest BCUT2D eigenvalue weighted by molar-refractivity contribution is 0.0365.